The Morgan fingerprint density at radius 1 is 1.35 bits per heavy atom. The van der Waals surface area contributed by atoms with Gasteiger partial charge < -0.3 is 15.5 Å². The van der Waals surface area contributed by atoms with Crippen LogP contribution in [0.15, 0.2) is 23.3 Å². The lowest BCUT2D eigenvalue weighted by molar-refractivity contribution is 0.573. The number of sulfone groups is 1. The van der Waals surface area contributed by atoms with Gasteiger partial charge in [0, 0.05) is 31.9 Å². The second kappa shape index (κ2) is 8.70. The van der Waals surface area contributed by atoms with E-state index >= 15 is 0 Å². The highest BCUT2D eigenvalue weighted by atomic mass is 32.2. The van der Waals surface area contributed by atoms with Crippen LogP contribution in [-0.4, -0.2) is 56.5 Å². The number of nitrogens with zero attached hydrogens (tertiary/aromatic N) is 3. The Labute approximate surface area is 156 Å². The number of pyridine rings is 1. The summed E-state index contributed by atoms with van der Waals surface area (Å²) >= 11 is 0. The van der Waals surface area contributed by atoms with E-state index in [4.69, 9.17) is 0 Å². The fraction of sp³-hybridized carbons (Fsp3) is 0.667. The van der Waals surface area contributed by atoms with Crippen LogP contribution in [0.4, 0.5) is 5.82 Å². The van der Waals surface area contributed by atoms with E-state index in [1.165, 1.54) is 19.3 Å². The van der Waals surface area contributed by atoms with Gasteiger partial charge >= 0.3 is 0 Å². The van der Waals surface area contributed by atoms with Crippen molar-refractivity contribution in [2.75, 3.05) is 36.0 Å². The average Bonchev–Trinajstić information content (AvgIpc) is 2.99. The van der Waals surface area contributed by atoms with Crippen molar-refractivity contribution in [3.8, 4) is 0 Å². The number of nitrogens with one attached hydrogen (secondary N) is 2. The first-order chi connectivity index (χ1) is 12.6. The number of rotatable bonds is 5. The zero-order valence-electron chi connectivity index (χ0n) is 15.4. The molecule has 1 aromatic rings. The molecule has 2 fully saturated rings. The highest BCUT2D eigenvalue weighted by Crippen LogP contribution is 2.18. The number of hydrogen-bond acceptors (Lipinski definition) is 5. The fourth-order valence-electron chi connectivity index (χ4n) is 3.45. The molecule has 0 amide bonds. The summed E-state index contributed by atoms with van der Waals surface area (Å²) in [6.07, 6.45) is 6.24. The van der Waals surface area contributed by atoms with Gasteiger partial charge in [-0.15, -0.1) is 0 Å². The highest BCUT2D eigenvalue weighted by molar-refractivity contribution is 7.91. The van der Waals surface area contributed by atoms with Crippen molar-refractivity contribution < 1.29 is 8.42 Å². The van der Waals surface area contributed by atoms with E-state index in [0.717, 1.165) is 31.0 Å². The molecule has 3 heterocycles. The largest absolute Gasteiger partial charge is 0.357 e. The van der Waals surface area contributed by atoms with Gasteiger partial charge in [-0.2, -0.15) is 0 Å². The zero-order chi connectivity index (χ0) is 18.4. The third kappa shape index (κ3) is 5.33. The maximum atomic E-state index is 11.6. The summed E-state index contributed by atoms with van der Waals surface area (Å²) < 4.78 is 23.3. The van der Waals surface area contributed by atoms with Gasteiger partial charge in [-0.05, 0) is 50.3 Å². The topological polar surface area (TPSA) is 86.7 Å². The van der Waals surface area contributed by atoms with E-state index < -0.39 is 9.84 Å². The average molecular weight is 380 g/mol. The minimum atomic E-state index is -2.90. The molecule has 8 heteroatoms. The van der Waals surface area contributed by atoms with Crippen LogP contribution in [0, 0.1) is 0 Å². The lowest BCUT2D eigenvalue weighted by atomic mass is 10.1. The molecule has 2 saturated heterocycles. The van der Waals surface area contributed by atoms with Gasteiger partial charge in [-0.1, -0.05) is 0 Å². The minimum Gasteiger partial charge on any atom is -0.357 e. The Morgan fingerprint density at radius 2 is 2.15 bits per heavy atom. The van der Waals surface area contributed by atoms with Crippen LogP contribution in [0.1, 0.15) is 38.2 Å². The molecule has 26 heavy (non-hydrogen) atoms. The normalized spacial score (nSPS) is 23.0. The molecule has 2 N–H and O–H groups in total. The fourth-order valence-corrected chi connectivity index (χ4v) is 5.12. The Hall–Kier alpha value is -1.83. The Kier molecular flexibility index (Phi) is 6.34. The predicted molar refractivity (Wildman–Crippen MR) is 105 cm³/mol. The van der Waals surface area contributed by atoms with Gasteiger partial charge in [0.1, 0.15) is 5.82 Å². The third-order valence-corrected chi connectivity index (χ3v) is 6.60. The molecule has 1 atom stereocenters. The smallest absolute Gasteiger partial charge is 0.191 e. The molecule has 2 aliphatic heterocycles. The molecule has 2 aliphatic rings. The maximum absolute atomic E-state index is 11.6. The lowest BCUT2D eigenvalue weighted by Crippen LogP contribution is -2.44. The lowest BCUT2D eigenvalue weighted by Gasteiger charge is -2.27. The van der Waals surface area contributed by atoms with Crippen LogP contribution >= 0.6 is 0 Å². The van der Waals surface area contributed by atoms with Crippen molar-refractivity contribution in [3.05, 3.63) is 23.9 Å². The summed E-state index contributed by atoms with van der Waals surface area (Å²) in [5.41, 5.74) is 1.11. The zero-order valence-corrected chi connectivity index (χ0v) is 16.3. The third-order valence-electron chi connectivity index (χ3n) is 4.83. The van der Waals surface area contributed by atoms with Gasteiger partial charge in [0.15, 0.2) is 15.8 Å². The second-order valence-corrected chi connectivity index (χ2v) is 9.24. The van der Waals surface area contributed by atoms with E-state index in [0.29, 0.717) is 18.9 Å². The van der Waals surface area contributed by atoms with Crippen LogP contribution in [-0.2, 0) is 16.4 Å². The maximum Gasteiger partial charge on any atom is 0.191 e. The Morgan fingerprint density at radius 3 is 2.85 bits per heavy atom. The first kappa shape index (κ1) is 18.9. The number of guanidine groups is 1. The van der Waals surface area contributed by atoms with Crippen LogP contribution < -0.4 is 15.5 Å². The number of aromatic nitrogens is 1. The first-order valence-corrected chi connectivity index (χ1v) is 11.3. The molecule has 0 spiro atoms. The second-order valence-electron chi connectivity index (χ2n) is 7.01. The Bertz CT molecular complexity index is 729. The van der Waals surface area contributed by atoms with Gasteiger partial charge in [0.25, 0.3) is 0 Å². The molecule has 7 nitrogen and oxygen atoms in total. The van der Waals surface area contributed by atoms with Crippen molar-refractivity contribution in [1.29, 1.82) is 0 Å². The molecule has 0 aliphatic carbocycles. The first-order valence-electron chi connectivity index (χ1n) is 9.51. The SMILES string of the molecule is CCNC(=NCc1ccnc(N2CCCCC2)c1)NC1CCS(=O)(=O)C1. The molecule has 0 aromatic carbocycles. The summed E-state index contributed by atoms with van der Waals surface area (Å²) in [4.78, 5) is 11.5. The minimum absolute atomic E-state index is 0.0563. The van der Waals surface area contributed by atoms with Crippen molar-refractivity contribution in [1.82, 2.24) is 15.6 Å². The number of hydrogen-bond donors (Lipinski definition) is 2. The van der Waals surface area contributed by atoms with Crippen LogP contribution in [0.5, 0.6) is 0 Å². The van der Waals surface area contributed by atoms with Gasteiger partial charge in [0.2, 0.25) is 0 Å². The number of aliphatic imine (C=N–C) groups is 1. The van der Waals surface area contributed by atoms with E-state index in [2.05, 4.69) is 31.6 Å². The Balaban J connectivity index is 1.63. The summed E-state index contributed by atoms with van der Waals surface area (Å²) in [6.45, 7) is 5.42. The van der Waals surface area contributed by atoms with Crippen LogP contribution in [0.3, 0.4) is 0 Å². The van der Waals surface area contributed by atoms with Crippen molar-refractivity contribution in [2.45, 2.75) is 45.2 Å². The molecule has 3 rings (SSSR count). The summed E-state index contributed by atoms with van der Waals surface area (Å²) in [5.74, 6) is 2.14. The number of piperidine rings is 1. The van der Waals surface area contributed by atoms with Crippen molar-refractivity contribution in [3.63, 3.8) is 0 Å². The summed E-state index contributed by atoms with van der Waals surface area (Å²) in [7, 11) is -2.90. The van der Waals surface area contributed by atoms with Gasteiger partial charge in [0.05, 0.1) is 18.1 Å². The molecule has 1 aromatic heterocycles. The summed E-state index contributed by atoms with van der Waals surface area (Å²) in [5, 5.41) is 6.46. The van der Waals surface area contributed by atoms with Crippen molar-refractivity contribution >= 4 is 21.6 Å². The summed E-state index contributed by atoms with van der Waals surface area (Å²) in [6, 6.07) is 4.04. The molecule has 144 valence electrons. The quantitative estimate of drug-likeness (QED) is 0.593. The molecule has 0 radical (unpaired) electrons. The predicted octanol–water partition coefficient (Wildman–Crippen LogP) is 1.31. The van der Waals surface area contributed by atoms with E-state index in [-0.39, 0.29) is 17.5 Å². The molecule has 0 saturated carbocycles. The van der Waals surface area contributed by atoms with Gasteiger partial charge in [-0.25, -0.2) is 18.4 Å². The van der Waals surface area contributed by atoms with Gasteiger partial charge in [-0.3, -0.25) is 0 Å². The monoisotopic (exact) mass is 379 g/mol. The van der Waals surface area contributed by atoms with Crippen molar-refractivity contribution in [2.24, 2.45) is 4.99 Å². The molecule has 1 unspecified atom stereocenters. The van der Waals surface area contributed by atoms with Crippen LogP contribution in [0.25, 0.3) is 0 Å². The molecular weight excluding hydrogens is 350 g/mol. The van der Waals surface area contributed by atoms with Crippen LogP contribution in [0.2, 0.25) is 0 Å². The standard InChI is InChI=1S/C18H29N5O2S/c1-2-19-18(22-16-7-11-26(24,25)14-16)21-13-15-6-8-20-17(12-15)23-9-4-3-5-10-23/h6,8,12,16H,2-5,7,9-11,13-14H2,1H3,(H2,19,21,22). The highest BCUT2D eigenvalue weighted by Gasteiger charge is 2.28. The number of anilines is 1. The van der Waals surface area contributed by atoms with E-state index in [9.17, 15) is 8.42 Å². The molecular formula is C18H29N5O2S. The molecule has 0 bridgehead atoms. The van der Waals surface area contributed by atoms with E-state index in [1.54, 1.807) is 0 Å². The van der Waals surface area contributed by atoms with E-state index in [1.807, 2.05) is 19.2 Å².